The number of hydrogen-bond acceptors (Lipinski definition) is 0. The minimum Gasteiger partial charge on any atom is -0.103 e. The van der Waals surface area contributed by atoms with Gasteiger partial charge in [-0.15, -0.1) is 6.58 Å². The van der Waals surface area contributed by atoms with E-state index in [4.69, 9.17) is 0 Å². The molecule has 2 aliphatic carbocycles. The zero-order chi connectivity index (χ0) is 13.3. The maximum absolute atomic E-state index is 3.91. The fourth-order valence-electron chi connectivity index (χ4n) is 4.85. The maximum Gasteiger partial charge on any atom is -0.0238 e. The minimum absolute atomic E-state index is 0.711. The molecule has 6 atom stereocenters. The predicted octanol–water partition coefficient (Wildman–Crippen LogP) is 5.69. The molecule has 0 nitrogen and oxygen atoms in total. The van der Waals surface area contributed by atoms with Crippen molar-refractivity contribution in [1.82, 2.24) is 0 Å². The molecule has 0 bridgehead atoms. The fourth-order valence-corrected chi connectivity index (χ4v) is 4.85. The Hall–Kier alpha value is -0.260. The lowest BCUT2D eigenvalue weighted by Crippen LogP contribution is -2.33. The lowest BCUT2D eigenvalue weighted by atomic mass is 9.64. The Morgan fingerprint density at radius 2 is 2.11 bits per heavy atom. The molecule has 0 aromatic heterocycles. The standard InChI is InChI=1S/C18H32/c1-6-13(3)8-9-16-12-18(16)11-10-14(4)17(7-2)15(18)5/h6,13-17H,1,7-12H2,2-5H3. The highest BCUT2D eigenvalue weighted by molar-refractivity contribution is 5.09. The molecular formula is C18H32. The lowest BCUT2D eigenvalue weighted by Gasteiger charge is -2.41. The van der Waals surface area contributed by atoms with Crippen LogP contribution in [0.5, 0.6) is 0 Å². The Balaban J connectivity index is 1.92. The van der Waals surface area contributed by atoms with Crippen molar-refractivity contribution in [3.05, 3.63) is 12.7 Å². The number of allylic oxidation sites excluding steroid dienone is 1. The molecule has 0 aromatic rings. The van der Waals surface area contributed by atoms with Gasteiger partial charge in [-0.05, 0) is 67.1 Å². The third kappa shape index (κ3) is 2.40. The summed E-state index contributed by atoms with van der Waals surface area (Å²) in [4.78, 5) is 0. The van der Waals surface area contributed by atoms with E-state index < -0.39 is 0 Å². The summed E-state index contributed by atoms with van der Waals surface area (Å²) in [6, 6.07) is 0. The van der Waals surface area contributed by atoms with Crippen molar-refractivity contribution < 1.29 is 0 Å². The fraction of sp³-hybridized carbons (Fsp3) is 0.889. The van der Waals surface area contributed by atoms with Crippen LogP contribution in [0.2, 0.25) is 0 Å². The van der Waals surface area contributed by atoms with Crippen LogP contribution >= 0.6 is 0 Å². The Morgan fingerprint density at radius 1 is 1.39 bits per heavy atom. The van der Waals surface area contributed by atoms with Crippen LogP contribution in [-0.4, -0.2) is 0 Å². The van der Waals surface area contributed by atoms with E-state index in [1.54, 1.807) is 0 Å². The summed E-state index contributed by atoms with van der Waals surface area (Å²) in [6.45, 7) is 13.7. The molecule has 0 amide bonds. The van der Waals surface area contributed by atoms with E-state index >= 15 is 0 Å². The first-order valence-corrected chi connectivity index (χ1v) is 8.17. The van der Waals surface area contributed by atoms with Gasteiger partial charge in [0, 0.05) is 0 Å². The summed E-state index contributed by atoms with van der Waals surface area (Å²) in [7, 11) is 0. The summed E-state index contributed by atoms with van der Waals surface area (Å²) in [6.07, 6.45) is 10.8. The van der Waals surface area contributed by atoms with Crippen molar-refractivity contribution >= 4 is 0 Å². The van der Waals surface area contributed by atoms with Crippen LogP contribution in [0.1, 0.15) is 66.2 Å². The molecule has 104 valence electrons. The predicted molar refractivity (Wildman–Crippen MR) is 80.5 cm³/mol. The molecule has 2 rings (SSSR count). The van der Waals surface area contributed by atoms with E-state index in [9.17, 15) is 0 Å². The molecule has 0 heteroatoms. The lowest BCUT2D eigenvalue weighted by molar-refractivity contribution is 0.0786. The van der Waals surface area contributed by atoms with E-state index in [0.29, 0.717) is 5.92 Å². The summed E-state index contributed by atoms with van der Waals surface area (Å²) >= 11 is 0. The first-order valence-electron chi connectivity index (χ1n) is 8.17. The molecule has 6 unspecified atom stereocenters. The van der Waals surface area contributed by atoms with Crippen LogP contribution in [0.25, 0.3) is 0 Å². The van der Waals surface area contributed by atoms with Crippen molar-refractivity contribution in [2.45, 2.75) is 66.2 Å². The second-order valence-corrected chi connectivity index (χ2v) is 7.30. The average molecular weight is 248 g/mol. The Morgan fingerprint density at radius 3 is 2.72 bits per heavy atom. The van der Waals surface area contributed by atoms with Crippen LogP contribution in [-0.2, 0) is 0 Å². The Labute approximate surface area is 114 Å². The summed E-state index contributed by atoms with van der Waals surface area (Å²) in [5, 5.41) is 0. The maximum atomic E-state index is 3.91. The Bertz CT molecular complexity index is 292. The quantitative estimate of drug-likeness (QED) is 0.548. The van der Waals surface area contributed by atoms with Gasteiger partial charge >= 0.3 is 0 Å². The molecule has 0 radical (unpaired) electrons. The highest BCUT2D eigenvalue weighted by Gasteiger charge is 2.59. The van der Waals surface area contributed by atoms with Gasteiger partial charge in [-0.25, -0.2) is 0 Å². The van der Waals surface area contributed by atoms with Crippen molar-refractivity contribution in [1.29, 1.82) is 0 Å². The van der Waals surface area contributed by atoms with Crippen LogP contribution in [0, 0.1) is 35.0 Å². The van der Waals surface area contributed by atoms with Gasteiger partial charge in [0.05, 0.1) is 0 Å². The SMILES string of the molecule is C=CC(C)CCC1CC12CCC(C)C(CC)C2C. The highest BCUT2D eigenvalue weighted by atomic mass is 14.6. The number of rotatable bonds is 5. The zero-order valence-electron chi connectivity index (χ0n) is 12.9. The molecule has 0 saturated heterocycles. The van der Waals surface area contributed by atoms with Gasteiger partial charge in [0.15, 0.2) is 0 Å². The summed E-state index contributed by atoms with van der Waals surface area (Å²) in [5.74, 6) is 4.67. The van der Waals surface area contributed by atoms with Crippen molar-refractivity contribution in [2.24, 2.45) is 35.0 Å². The first kappa shape index (κ1) is 14.2. The van der Waals surface area contributed by atoms with Crippen molar-refractivity contribution in [3.63, 3.8) is 0 Å². The molecule has 2 aliphatic rings. The van der Waals surface area contributed by atoms with Crippen LogP contribution in [0.3, 0.4) is 0 Å². The molecule has 2 saturated carbocycles. The van der Waals surface area contributed by atoms with E-state index in [1.807, 2.05) is 0 Å². The van der Waals surface area contributed by atoms with Crippen LogP contribution < -0.4 is 0 Å². The summed E-state index contributed by atoms with van der Waals surface area (Å²) < 4.78 is 0. The number of hydrogen-bond donors (Lipinski definition) is 0. The molecule has 18 heavy (non-hydrogen) atoms. The monoisotopic (exact) mass is 248 g/mol. The second-order valence-electron chi connectivity index (χ2n) is 7.30. The molecule has 0 aliphatic heterocycles. The normalized spacial score (nSPS) is 44.9. The van der Waals surface area contributed by atoms with E-state index in [0.717, 1.165) is 29.1 Å². The van der Waals surface area contributed by atoms with Gasteiger partial charge in [-0.2, -0.15) is 0 Å². The third-order valence-corrected chi connectivity index (χ3v) is 6.47. The molecule has 0 aromatic carbocycles. The molecule has 2 fully saturated rings. The second kappa shape index (κ2) is 5.39. The Kier molecular flexibility index (Phi) is 4.24. The zero-order valence-corrected chi connectivity index (χ0v) is 12.9. The van der Waals surface area contributed by atoms with Gasteiger partial charge in [-0.1, -0.05) is 40.2 Å². The topological polar surface area (TPSA) is 0 Å². The molecule has 0 N–H and O–H groups in total. The van der Waals surface area contributed by atoms with Crippen LogP contribution in [0.15, 0.2) is 12.7 Å². The van der Waals surface area contributed by atoms with E-state index in [2.05, 4.69) is 40.3 Å². The van der Waals surface area contributed by atoms with Gasteiger partial charge in [0.25, 0.3) is 0 Å². The van der Waals surface area contributed by atoms with Gasteiger partial charge in [0.2, 0.25) is 0 Å². The third-order valence-electron chi connectivity index (χ3n) is 6.47. The summed E-state index contributed by atoms with van der Waals surface area (Å²) in [5.41, 5.74) is 0.758. The minimum atomic E-state index is 0.711. The van der Waals surface area contributed by atoms with Crippen molar-refractivity contribution in [2.75, 3.05) is 0 Å². The molecular weight excluding hydrogens is 216 g/mol. The smallest absolute Gasteiger partial charge is 0.0238 e. The van der Waals surface area contributed by atoms with E-state index in [1.165, 1.54) is 38.5 Å². The molecule has 1 spiro atoms. The van der Waals surface area contributed by atoms with Gasteiger partial charge in [-0.3, -0.25) is 0 Å². The average Bonchev–Trinajstić information content (AvgIpc) is 3.07. The highest BCUT2D eigenvalue weighted by Crippen LogP contribution is 2.68. The van der Waals surface area contributed by atoms with Crippen molar-refractivity contribution in [3.8, 4) is 0 Å². The van der Waals surface area contributed by atoms with Gasteiger partial charge in [0.1, 0.15) is 0 Å². The van der Waals surface area contributed by atoms with Gasteiger partial charge < -0.3 is 0 Å². The van der Waals surface area contributed by atoms with Crippen LogP contribution in [0.4, 0.5) is 0 Å². The van der Waals surface area contributed by atoms with E-state index in [-0.39, 0.29) is 0 Å². The first-order chi connectivity index (χ1) is 8.55. The largest absolute Gasteiger partial charge is 0.103 e. The molecule has 0 heterocycles.